The Hall–Kier alpha value is -1.36. The Morgan fingerprint density at radius 1 is 1.26 bits per heavy atom. The van der Waals surface area contributed by atoms with Crippen LogP contribution >= 0.6 is 0 Å². The number of benzene rings is 1. The van der Waals surface area contributed by atoms with Crippen LogP contribution in [-0.4, -0.2) is 25.3 Å². The number of sulfone groups is 1. The summed E-state index contributed by atoms with van der Waals surface area (Å²) in [6.45, 7) is 7.32. The van der Waals surface area contributed by atoms with Crippen LogP contribution in [0.3, 0.4) is 0 Å². The summed E-state index contributed by atoms with van der Waals surface area (Å²) in [6.07, 6.45) is 3.93. The third-order valence-electron chi connectivity index (χ3n) is 5.04. The molecule has 2 rings (SSSR count). The van der Waals surface area contributed by atoms with Gasteiger partial charge in [0, 0.05) is 6.26 Å². The SMILES string of the molecule is CC1(C)CCc2ccccc2C(NC(=O)C(C)(C)S(C)(=O)=O)C1. The van der Waals surface area contributed by atoms with Crippen LogP contribution in [0.1, 0.15) is 57.7 Å². The highest BCUT2D eigenvalue weighted by Gasteiger charge is 2.40. The van der Waals surface area contributed by atoms with Gasteiger partial charge in [-0.25, -0.2) is 8.42 Å². The van der Waals surface area contributed by atoms with Crippen molar-refractivity contribution in [2.24, 2.45) is 5.41 Å². The smallest absolute Gasteiger partial charge is 0.241 e. The van der Waals surface area contributed by atoms with Crippen molar-refractivity contribution in [1.29, 1.82) is 0 Å². The van der Waals surface area contributed by atoms with Crippen molar-refractivity contribution < 1.29 is 13.2 Å². The molecule has 0 spiro atoms. The standard InChI is InChI=1S/C18H27NO3S/c1-17(2)11-10-13-8-6-7-9-14(13)15(12-17)19-16(20)18(3,4)23(5,21)22/h6-9,15H,10-12H2,1-5H3,(H,19,20). The Kier molecular flexibility index (Phi) is 4.64. The Balaban J connectivity index is 2.35. The number of nitrogens with one attached hydrogen (secondary N) is 1. The van der Waals surface area contributed by atoms with E-state index in [-0.39, 0.29) is 11.5 Å². The van der Waals surface area contributed by atoms with Crippen molar-refractivity contribution >= 4 is 15.7 Å². The lowest BCUT2D eigenvalue weighted by molar-refractivity contribution is -0.123. The first-order valence-electron chi connectivity index (χ1n) is 8.02. The first kappa shape index (κ1) is 18.0. The fourth-order valence-electron chi connectivity index (χ4n) is 2.97. The third-order valence-corrected chi connectivity index (χ3v) is 7.08. The van der Waals surface area contributed by atoms with Gasteiger partial charge >= 0.3 is 0 Å². The predicted octanol–water partition coefficient (Wildman–Crippen LogP) is 3.03. The molecule has 128 valence electrons. The fourth-order valence-corrected chi connectivity index (χ4v) is 3.36. The molecular formula is C18H27NO3S. The normalized spacial score (nSPS) is 21.2. The van der Waals surface area contributed by atoms with Crippen LogP contribution in [0.15, 0.2) is 24.3 Å². The van der Waals surface area contributed by atoms with Gasteiger partial charge in [-0.15, -0.1) is 0 Å². The third kappa shape index (κ3) is 3.77. The molecule has 23 heavy (non-hydrogen) atoms. The van der Waals surface area contributed by atoms with Crippen LogP contribution in [0.2, 0.25) is 0 Å². The second-order valence-electron chi connectivity index (χ2n) is 7.88. The molecule has 0 heterocycles. The molecule has 1 N–H and O–H groups in total. The molecule has 1 aromatic rings. The molecule has 1 amide bonds. The summed E-state index contributed by atoms with van der Waals surface area (Å²) in [5, 5.41) is 3.00. The van der Waals surface area contributed by atoms with E-state index >= 15 is 0 Å². The van der Waals surface area contributed by atoms with E-state index in [2.05, 4.69) is 25.2 Å². The number of rotatable bonds is 3. The second-order valence-corrected chi connectivity index (χ2v) is 10.4. The molecule has 1 unspecified atom stereocenters. The molecule has 0 aromatic heterocycles. The number of hydrogen-bond acceptors (Lipinski definition) is 3. The molecule has 1 atom stereocenters. The maximum Gasteiger partial charge on any atom is 0.241 e. The van der Waals surface area contributed by atoms with Crippen molar-refractivity contribution in [2.75, 3.05) is 6.26 Å². The van der Waals surface area contributed by atoms with Gasteiger partial charge in [0.05, 0.1) is 6.04 Å². The Morgan fingerprint density at radius 2 is 1.87 bits per heavy atom. The van der Waals surface area contributed by atoms with Crippen LogP contribution in [0, 0.1) is 5.41 Å². The van der Waals surface area contributed by atoms with Gasteiger partial charge in [0.25, 0.3) is 0 Å². The van der Waals surface area contributed by atoms with Crippen LogP contribution < -0.4 is 5.32 Å². The zero-order valence-electron chi connectivity index (χ0n) is 14.6. The molecule has 0 bridgehead atoms. The summed E-state index contributed by atoms with van der Waals surface area (Å²) in [6, 6.07) is 7.96. The summed E-state index contributed by atoms with van der Waals surface area (Å²) < 4.78 is 22.4. The molecule has 0 aliphatic heterocycles. The second kappa shape index (κ2) is 5.93. The lowest BCUT2D eigenvalue weighted by Gasteiger charge is -2.30. The van der Waals surface area contributed by atoms with Crippen LogP contribution in [-0.2, 0) is 21.1 Å². The van der Waals surface area contributed by atoms with E-state index in [0.717, 1.165) is 31.1 Å². The number of hydrogen-bond donors (Lipinski definition) is 1. The van der Waals surface area contributed by atoms with Gasteiger partial charge in [0.15, 0.2) is 9.84 Å². The van der Waals surface area contributed by atoms with Crippen LogP contribution in [0.25, 0.3) is 0 Å². The summed E-state index contributed by atoms with van der Waals surface area (Å²) in [7, 11) is -3.48. The summed E-state index contributed by atoms with van der Waals surface area (Å²) in [4.78, 5) is 12.6. The predicted molar refractivity (Wildman–Crippen MR) is 93.0 cm³/mol. The Morgan fingerprint density at radius 3 is 2.48 bits per heavy atom. The topological polar surface area (TPSA) is 63.2 Å². The Bertz CT molecular complexity index is 705. The van der Waals surface area contributed by atoms with Gasteiger partial charge < -0.3 is 5.32 Å². The lowest BCUT2D eigenvalue weighted by atomic mass is 9.83. The first-order valence-corrected chi connectivity index (χ1v) is 9.91. The largest absolute Gasteiger partial charge is 0.348 e. The average molecular weight is 337 g/mol. The van der Waals surface area contributed by atoms with E-state index in [0.29, 0.717) is 0 Å². The number of amides is 1. The highest BCUT2D eigenvalue weighted by Crippen LogP contribution is 2.39. The minimum absolute atomic E-state index is 0.0895. The van der Waals surface area contributed by atoms with E-state index < -0.39 is 20.5 Å². The van der Waals surface area contributed by atoms with Crippen molar-refractivity contribution in [2.45, 2.75) is 57.7 Å². The first-order chi connectivity index (χ1) is 10.4. The minimum atomic E-state index is -3.48. The summed E-state index contributed by atoms with van der Waals surface area (Å²) in [5.41, 5.74) is 2.43. The number of carbonyl (C=O) groups is 1. The van der Waals surface area contributed by atoms with Crippen molar-refractivity contribution in [1.82, 2.24) is 5.32 Å². The molecule has 1 aromatic carbocycles. The summed E-state index contributed by atoms with van der Waals surface area (Å²) >= 11 is 0. The van der Waals surface area contributed by atoms with Gasteiger partial charge in [-0.3, -0.25) is 4.79 Å². The van der Waals surface area contributed by atoms with E-state index in [1.165, 1.54) is 19.4 Å². The van der Waals surface area contributed by atoms with Crippen LogP contribution in [0.5, 0.6) is 0 Å². The highest BCUT2D eigenvalue weighted by molar-refractivity contribution is 7.92. The molecule has 1 aliphatic rings. The molecule has 4 nitrogen and oxygen atoms in total. The average Bonchev–Trinajstić information content (AvgIpc) is 2.55. The lowest BCUT2D eigenvalue weighted by Crippen LogP contribution is -2.49. The zero-order valence-corrected chi connectivity index (χ0v) is 15.5. The maximum atomic E-state index is 12.6. The molecule has 0 fully saturated rings. The van der Waals surface area contributed by atoms with Crippen molar-refractivity contribution in [3.05, 3.63) is 35.4 Å². The Labute approximate surface area is 139 Å². The highest BCUT2D eigenvalue weighted by atomic mass is 32.2. The van der Waals surface area contributed by atoms with E-state index in [4.69, 9.17) is 0 Å². The van der Waals surface area contributed by atoms with Gasteiger partial charge in [0.1, 0.15) is 4.75 Å². The van der Waals surface area contributed by atoms with Crippen molar-refractivity contribution in [3.8, 4) is 0 Å². The van der Waals surface area contributed by atoms with Crippen molar-refractivity contribution in [3.63, 3.8) is 0 Å². The van der Waals surface area contributed by atoms with E-state index in [9.17, 15) is 13.2 Å². The number of carbonyl (C=O) groups excluding carboxylic acids is 1. The van der Waals surface area contributed by atoms with Gasteiger partial charge in [0.2, 0.25) is 5.91 Å². The fraction of sp³-hybridized carbons (Fsp3) is 0.611. The quantitative estimate of drug-likeness (QED) is 0.862. The molecule has 0 saturated heterocycles. The monoisotopic (exact) mass is 337 g/mol. The van der Waals surface area contributed by atoms with Gasteiger partial charge in [-0.2, -0.15) is 0 Å². The van der Waals surface area contributed by atoms with Gasteiger partial charge in [-0.05, 0) is 49.7 Å². The summed E-state index contributed by atoms with van der Waals surface area (Å²) in [5.74, 6) is -0.433. The molecule has 5 heteroatoms. The van der Waals surface area contributed by atoms with Gasteiger partial charge in [-0.1, -0.05) is 38.1 Å². The number of fused-ring (bicyclic) bond motifs is 1. The molecular weight excluding hydrogens is 310 g/mol. The molecule has 1 aliphatic carbocycles. The number of aryl methyl sites for hydroxylation is 1. The zero-order chi connectivity index (χ0) is 17.5. The molecule has 0 radical (unpaired) electrons. The van der Waals surface area contributed by atoms with E-state index in [1.54, 1.807) is 0 Å². The minimum Gasteiger partial charge on any atom is -0.348 e. The maximum absolute atomic E-state index is 12.6. The van der Waals surface area contributed by atoms with E-state index in [1.807, 2.05) is 18.2 Å². The molecule has 0 saturated carbocycles. The van der Waals surface area contributed by atoms with Crippen LogP contribution in [0.4, 0.5) is 0 Å².